The quantitative estimate of drug-likeness (QED) is 0.536. The molecule has 0 spiro atoms. The second kappa shape index (κ2) is 10.0. The van der Waals surface area contributed by atoms with Crippen molar-refractivity contribution in [1.29, 1.82) is 0 Å². The van der Waals surface area contributed by atoms with E-state index >= 15 is 0 Å². The first-order valence-electron chi connectivity index (χ1n) is 10.9. The summed E-state index contributed by atoms with van der Waals surface area (Å²) in [6, 6.07) is 14.8. The van der Waals surface area contributed by atoms with Crippen LogP contribution in [-0.4, -0.2) is 54.5 Å². The molecule has 8 heteroatoms. The van der Waals surface area contributed by atoms with E-state index in [1.165, 1.54) is 14.0 Å². The summed E-state index contributed by atoms with van der Waals surface area (Å²) in [4.78, 5) is 37.0. The molecule has 176 valence electrons. The number of aliphatic carboxylic acids is 1. The molecule has 3 unspecified atom stereocenters. The highest BCUT2D eigenvalue weighted by atomic mass is 16.5. The van der Waals surface area contributed by atoms with Gasteiger partial charge in [0.05, 0.1) is 6.10 Å². The van der Waals surface area contributed by atoms with E-state index in [9.17, 15) is 19.5 Å². The van der Waals surface area contributed by atoms with Gasteiger partial charge in [-0.25, -0.2) is 9.59 Å². The Hall–Kier alpha value is -3.39. The Balaban J connectivity index is 1.70. The fraction of sp³-hybridized carbons (Fsp3) is 0.400. The number of carboxylic acids is 1. The number of benzene rings is 2. The molecule has 3 N–H and O–H groups in total. The lowest BCUT2D eigenvalue weighted by atomic mass is 9.98. The van der Waals surface area contributed by atoms with Crippen LogP contribution in [0.4, 0.5) is 4.79 Å². The fourth-order valence-electron chi connectivity index (χ4n) is 3.94. The molecule has 0 fully saturated rings. The molecule has 2 aromatic rings. The minimum Gasteiger partial charge on any atom is -0.480 e. The summed E-state index contributed by atoms with van der Waals surface area (Å²) in [6.45, 7) is 4.77. The Morgan fingerprint density at radius 3 is 2.09 bits per heavy atom. The average Bonchev–Trinajstić information content (AvgIpc) is 3.14. The van der Waals surface area contributed by atoms with E-state index < -0.39 is 35.7 Å². The van der Waals surface area contributed by atoms with Crippen LogP contribution in [0.2, 0.25) is 0 Å². The van der Waals surface area contributed by atoms with Crippen LogP contribution in [0.1, 0.15) is 44.2 Å². The molecule has 3 rings (SSSR count). The number of hydrogen-bond donors (Lipinski definition) is 3. The molecule has 33 heavy (non-hydrogen) atoms. The number of carbonyl (C=O) groups excluding carboxylic acids is 2. The van der Waals surface area contributed by atoms with Crippen LogP contribution < -0.4 is 10.6 Å². The molecule has 1 aliphatic rings. The maximum Gasteiger partial charge on any atom is 0.407 e. The van der Waals surface area contributed by atoms with Crippen LogP contribution >= 0.6 is 0 Å². The van der Waals surface area contributed by atoms with Gasteiger partial charge in [-0.2, -0.15) is 0 Å². The third kappa shape index (κ3) is 5.01. The van der Waals surface area contributed by atoms with Crippen LogP contribution in [0.15, 0.2) is 48.5 Å². The highest BCUT2D eigenvalue weighted by Gasteiger charge is 2.37. The van der Waals surface area contributed by atoms with E-state index in [2.05, 4.69) is 10.6 Å². The highest BCUT2D eigenvalue weighted by Crippen LogP contribution is 2.44. The van der Waals surface area contributed by atoms with Crippen LogP contribution in [0.3, 0.4) is 0 Å². The van der Waals surface area contributed by atoms with E-state index in [1.54, 1.807) is 13.8 Å². The van der Waals surface area contributed by atoms with Crippen molar-refractivity contribution in [2.45, 2.75) is 50.8 Å². The maximum atomic E-state index is 12.8. The van der Waals surface area contributed by atoms with Crippen molar-refractivity contribution < 1.29 is 29.0 Å². The Morgan fingerprint density at radius 2 is 1.61 bits per heavy atom. The number of rotatable bonds is 9. The first-order chi connectivity index (χ1) is 15.7. The summed E-state index contributed by atoms with van der Waals surface area (Å²) < 4.78 is 10.8. The monoisotopic (exact) mass is 454 g/mol. The summed E-state index contributed by atoms with van der Waals surface area (Å²) in [5.41, 5.74) is 2.91. The number of carbonyl (C=O) groups is 3. The SMILES string of the molecule is CCC(C)(NC(=O)C(NC(=O)OCC1c2ccccc2-c2ccccc21)C(C)OC)C(=O)O. The Labute approximate surface area is 193 Å². The van der Waals surface area contributed by atoms with Crippen molar-refractivity contribution in [1.82, 2.24) is 10.6 Å². The zero-order valence-electron chi connectivity index (χ0n) is 19.3. The number of fused-ring (bicyclic) bond motifs is 3. The van der Waals surface area contributed by atoms with E-state index in [1.807, 2.05) is 48.5 Å². The number of methoxy groups -OCH3 is 1. The van der Waals surface area contributed by atoms with Crippen molar-refractivity contribution in [2.75, 3.05) is 13.7 Å². The lowest BCUT2D eigenvalue weighted by Gasteiger charge is -2.29. The first-order valence-corrected chi connectivity index (χ1v) is 10.9. The van der Waals surface area contributed by atoms with Gasteiger partial charge in [-0.1, -0.05) is 55.5 Å². The Kier molecular flexibility index (Phi) is 7.38. The van der Waals surface area contributed by atoms with Gasteiger partial charge in [-0.3, -0.25) is 4.79 Å². The van der Waals surface area contributed by atoms with Gasteiger partial charge in [0, 0.05) is 13.0 Å². The number of nitrogens with one attached hydrogen (secondary N) is 2. The summed E-state index contributed by atoms with van der Waals surface area (Å²) in [5, 5.41) is 14.5. The van der Waals surface area contributed by atoms with Gasteiger partial charge in [0.25, 0.3) is 0 Å². The highest BCUT2D eigenvalue weighted by molar-refractivity contribution is 5.91. The number of alkyl carbamates (subject to hydrolysis) is 1. The van der Waals surface area contributed by atoms with Gasteiger partial charge < -0.3 is 25.2 Å². The number of carboxylic acid groups (broad SMARTS) is 1. The molecular formula is C25H30N2O6. The maximum absolute atomic E-state index is 12.8. The molecule has 0 aliphatic heterocycles. The minimum atomic E-state index is -1.47. The number of amides is 2. The van der Waals surface area contributed by atoms with Crippen LogP contribution in [0, 0.1) is 0 Å². The molecule has 3 atom stereocenters. The van der Waals surface area contributed by atoms with Crippen LogP contribution in [-0.2, 0) is 19.1 Å². The molecule has 2 aromatic carbocycles. The lowest BCUT2D eigenvalue weighted by Crippen LogP contribution is -2.60. The Morgan fingerprint density at radius 1 is 1.06 bits per heavy atom. The van der Waals surface area contributed by atoms with Crippen molar-refractivity contribution in [3.63, 3.8) is 0 Å². The third-order valence-electron chi connectivity index (χ3n) is 6.32. The lowest BCUT2D eigenvalue weighted by molar-refractivity contribution is -0.147. The summed E-state index contributed by atoms with van der Waals surface area (Å²) >= 11 is 0. The van der Waals surface area contributed by atoms with Crippen LogP contribution in [0.5, 0.6) is 0 Å². The molecule has 1 aliphatic carbocycles. The van der Waals surface area contributed by atoms with Gasteiger partial charge in [0.2, 0.25) is 5.91 Å². The van der Waals surface area contributed by atoms with Crippen molar-refractivity contribution in [3.05, 3.63) is 59.7 Å². The molecule has 0 radical (unpaired) electrons. The molecule has 0 bridgehead atoms. The predicted molar refractivity (Wildman–Crippen MR) is 123 cm³/mol. The molecule has 8 nitrogen and oxygen atoms in total. The van der Waals surface area contributed by atoms with Crippen LogP contribution in [0.25, 0.3) is 11.1 Å². The Bertz CT molecular complexity index is 994. The van der Waals surface area contributed by atoms with Crippen molar-refractivity contribution in [3.8, 4) is 11.1 Å². The van der Waals surface area contributed by atoms with Gasteiger partial charge in [-0.05, 0) is 42.5 Å². The smallest absolute Gasteiger partial charge is 0.407 e. The number of ether oxygens (including phenoxy) is 2. The van der Waals surface area contributed by atoms with E-state index in [-0.39, 0.29) is 18.9 Å². The average molecular weight is 455 g/mol. The number of hydrogen-bond acceptors (Lipinski definition) is 5. The standard InChI is InChI=1S/C25H30N2O6/c1-5-25(3,23(29)30)27-22(28)21(15(2)32-4)26-24(31)33-14-20-18-12-8-6-10-16(18)17-11-7-9-13-19(17)20/h6-13,15,20-21H,5,14H2,1-4H3,(H,26,31)(H,27,28)(H,29,30). The second-order valence-electron chi connectivity index (χ2n) is 8.37. The molecule has 2 amide bonds. The zero-order chi connectivity index (χ0) is 24.2. The topological polar surface area (TPSA) is 114 Å². The van der Waals surface area contributed by atoms with Gasteiger partial charge >= 0.3 is 12.1 Å². The summed E-state index contributed by atoms with van der Waals surface area (Å²) in [5.74, 6) is -1.95. The van der Waals surface area contributed by atoms with Crippen molar-refractivity contribution in [2.24, 2.45) is 0 Å². The molecule has 0 aromatic heterocycles. The molecule has 0 saturated heterocycles. The molecule has 0 heterocycles. The molecule has 0 saturated carbocycles. The fourth-order valence-corrected chi connectivity index (χ4v) is 3.94. The van der Waals surface area contributed by atoms with E-state index in [0.717, 1.165) is 22.3 Å². The minimum absolute atomic E-state index is 0.0946. The van der Waals surface area contributed by atoms with Gasteiger partial charge in [0.1, 0.15) is 18.2 Å². The predicted octanol–water partition coefficient (Wildman–Crippen LogP) is 3.30. The largest absolute Gasteiger partial charge is 0.480 e. The normalized spacial score (nSPS) is 16.0. The van der Waals surface area contributed by atoms with Gasteiger partial charge in [-0.15, -0.1) is 0 Å². The van der Waals surface area contributed by atoms with E-state index in [4.69, 9.17) is 9.47 Å². The first kappa shape index (κ1) is 24.3. The summed E-state index contributed by atoms with van der Waals surface area (Å²) in [7, 11) is 1.40. The van der Waals surface area contributed by atoms with E-state index in [0.29, 0.717) is 0 Å². The van der Waals surface area contributed by atoms with Gasteiger partial charge in [0.15, 0.2) is 0 Å². The second-order valence-corrected chi connectivity index (χ2v) is 8.37. The third-order valence-corrected chi connectivity index (χ3v) is 6.32. The zero-order valence-corrected chi connectivity index (χ0v) is 19.3. The van der Waals surface area contributed by atoms with Crippen molar-refractivity contribution >= 4 is 18.0 Å². The molecular weight excluding hydrogens is 424 g/mol. The summed E-state index contributed by atoms with van der Waals surface area (Å²) in [6.07, 6.45) is -1.32.